The Morgan fingerprint density at radius 2 is 1.74 bits per heavy atom. The van der Waals surface area contributed by atoms with Crippen LogP contribution in [0.2, 0.25) is 0 Å². The third-order valence-corrected chi connectivity index (χ3v) is 5.70. The molecule has 5 heteroatoms. The van der Waals surface area contributed by atoms with E-state index in [4.69, 9.17) is 4.74 Å². The van der Waals surface area contributed by atoms with Crippen molar-refractivity contribution in [2.45, 2.75) is 103 Å². The van der Waals surface area contributed by atoms with Gasteiger partial charge in [-0.3, -0.25) is 4.79 Å². The number of nitrogens with one attached hydrogen (secondary N) is 1. The predicted octanol–water partition coefficient (Wildman–Crippen LogP) is 3.46. The van der Waals surface area contributed by atoms with Crippen molar-refractivity contribution in [3.8, 4) is 0 Å². The van der Waals surface area contributed by atoms with Crippen LogP contribution in [0, 0.1) is 5.92 Å². The van der Waals surface area contributed by atoms with Crippen LogP contribution in [0.3, 0.4) is 0 Å². The molecule has 134 valence electrons. The molecule has 2 rings (SSSR count). The maximum atomic E-state index is 12.9. The van der Waals surface area contributed by atoms with Crippen LogP contribution >= 0.6 is 0 Å². The Hall–Kier alpha value is -0.650. The van der Waals surface area contributed by atoms with Gasteiger partial charge in [0.1, 0.15) is 5.72 Å². The number of amides is 1. The van der Waals surface area contributed by atoms with E-state index >= 15 is 0 Å². The molecule has 0 radical (unpaired) electrons. The fraction of sp³-hybridized carbons (Fsp3) is 0.944. The highest BCUT2D eigenvalue weighted by Crippen LogP contribution is 2.49. The summed E-state index contributed by atoms with van der Waals surface area (Å²) >= 11 is 0. The number of hydroxylamine groups is 2. The van der Waals surface area contributed by atoms with Crippen LogP contribution in [-0.2, 0) is 9.53 Å². The zero-order valence-corrected chi connectivity index (χ0v) is 15.8. The molecular weight excluding hydrogens is 292 g/mol. The van der Waals surface area contributed by atoms with E-state index in [0.29, 0.717) is 12.8 Å². The van der Waals surface area contributed by atoms with E-state index in [-0.39, 0.29) is 11.8 Å². The molecule has 0 bridgehead atoms. The predicted molar refractivity (Wildman–Crippen MR) is 90.1 cm³/mol. The van der Waals surface area contributed by atoms with Crippen molar-refractivity contribution >= 4 is 5.91 Å². The van der Waals surface area contributed by atoms with Crippen LogP contribution < -0.4 is 5.32 Å². The molecule has 2 N–H and O–H groups in total. The lowest BCUT2D eigenvalue weighted by Gasteiger charge is -2.54. The highest BCUT2D eigenvalue weighted by Gasteiger charge is 2.63. The fourth-order valence-electron chi connectivity index (χ4n) is 4.49. The molecule has 0 saturated carbocycles. The van der Waals surface area contributed by atoms with Crippen molar-refractivity contribution in [3.63, 3.8) is 0 Å². The summed E-state index contributed by atoms with van der Waals surface area (Å²) in [6, 6.07) is 0. The van der Waals surface area contributed by atoms with Crippen LogP contribution in [0.4, 0.5) is 0 Å². The van der Waals surface area contributed by atoms with E-state index in [2.05, 4.69) is 19.2 Å². The van der Waals surface area contributed by atoms with E-state index in [9.17, 15) is 10.0 Å². The summed E-state index contributed by atoms with van der Waals surface area (Å²) in [4.78, 5) is 12.9. The topological polar surface area (TPSA) is 61.8 Å². The summed E-state index contributed by atoms with van der Waals surface area (Å²) in [6.45, 7) is 14.2. The molecule has 1 amide bonds. The minimum absolute atomic E-state index is 0.0300. The zero-order valence-electron chi connectivity index (χ0n) is 15.8. The number of carbonyl (C=O) groups is 1. The second-order valence-electron chi connectivity index (χ2n) is 8.99. The summed E-state index contributed by atoms with van der Waals surface area (Å²) in [5.74, 6) is 0.224. The van der Waals surface area contributed by atoms with E-state index in [0.717, 1.165) is 19.3 Å². The SMILES string of the molecule is CCCCC(C)C1(C)NC(=O)C2(CC(C)(C)N(O)C(C)(C)C2)O1. The van der Waals surface area contributed by atoms with Gasteiger partial charge in [-0.15, -0.1) is 0 Å². The molecule has 2 fully saturated rings. The smallest absolute Gasteiger partial charge is 0.254 e. The van der Waals surface area contributed by atoms with Crippen molar-refractivity contribution in [1.29, 1.82) is 0 Å². The molecule has 2 heterocycles. The Kier molecular flexibility index (Phi) is 4.64. The normalized spacial score (nSPS) is 33.7. The third kappa shape index (κ3) is 3.15. The lowest BCUT2D eigenvalue weighted by atomic mass is 9.72. The first kappa shape index (κ1) is 18.7. The number of nitrogens with zero attached hydrogens (tertiary/aromatic N) is 1. The molecule has 0 aromatic heterocycles. The molecule has 5 nitrogen and oxygen atoms in total. The lowest BCUT2D eigenvalue weighted by Crippen LogP contribution is -2.66. The number of carbonyl (C=O) groups excluding carboxylic acids is 1. The van der Waals surface area contributed by atoms with Crippen LogP contribution in [-0.4, -0.2) is 38.6 Å². The van der Waals surface area contributed by atoms with Crippen LogP contribution in [0.15, 0.2) is 0 Å². The Bertz CT molecular complexity index is 457. The average Bonchev–Trinajstić information content (AvgIpc) is 2.64. The lowest BCUT2D eigenvalue weighted by molar-refractivity contribution is -0.282. The number of rotatable bonds is 4. The first-order chi connectivity index (χ1) is 10.4. The summed E-state index contributed by atoms with van der Waals surface area (Å²) in [5.41, 5.74) is -2.52. The number of unbranched alkanes of at least 4 members (excludes halogenated alkanes) is 1. The largest absolute Gasteiger partial charge is 0.339 e. The Balaban J connectivity index is 2.28. The van der Waals surface area contributed by atoms with Crippen molar-refractivity contribution in [2.75, 3.05) is 0 Å². The molecule has 2 unspecified atom stereocenters. The fourth-order valence-corrected chi connectivity index (χ4v) is 4.49. The van der Waals surface area contributed by atoms with Gasteiger partial charge in [0.15, 0.2) is 5.60 Å². The van der Waals surface area contributed by atoms with Crippen LogP contribution in [0.25, 0.3) is 0 Å². The van der Waals surface area contributed by atoms with Gasteiger partial charge in [0, 0.05) is 29.8 Å². The summed E-state index contributed by atoms with van der Waals surface area (Å²) in [7, 11) is 0. The minimum atomic E-state index is -0.860. The molecule has 0 aromatic carbocycles. The number of piperidine rings is 1. The Labute approximate surface area is 140 Å². The van der Waals surface area contributed by atoms with Crippen molar-refractivity contribution in [3.05, 3.63) is 0 Å². The Morgan fingerprint density at radius 1 is 1.22 bits per heavy atom. The Morgan fingerprint density at radius 3 is 2.22 bits per heavy atom. The molecular formula is C18H34N2O3. The van der Waals surface area contributed by atoms with Gasteiger partial charge in [0.25, 0.3) is 5.91 Å². The van der Waals surface area contributed by atoms with E-state index < -0.39 is 22.4 Å². The van der Waals surface area contributed by atoms with Gasteiger partial charge in [0.2, 0.25) is 0 Å². The maximum absolute atomic E-state index is 12.9. The summed E-state index contributed by atoms with van der Waals surface area (Å²) in [5, 5.41) is 15.0. The van der Waals surface area contributed by atoms with Gasteiger partial charge < -0.3 is 15.3 Å². The molecule has 2 saturated heterocycles. The molecule has 23 heavy (non-hydrogen) atoms. The molecule has 1 spiro atoms. The van der Waals surface area contributed by atoms with Crippen molar-refractivity contribution in [2.24, 2.45) is 5.92 Å². The first-order valence-corrected chi connectivity index (χ1v) is 8.91. The van der Waals surface area contributed by atoms with Gasteiger partial charge in [-0.25, -0.2) is 0 Å². The molecule has 2 aliphatic heterocycles. The zero-order chi connectivity index (χ0) is 17.7. The van der Waals surface area contributed by atoms with Gasteiger partial charge in [0.05, 0.1) is 0 Å². The van der Waals surface area contributed by atoms with Crippen LogP contribution in [0.5, 0.6) is 0 Å². The van der Waals surface area contributed by atoms with Crippen molar-refractivity contribution < 1.29 is 14.7 Å². The van der Waals surface area contributed by atoms with Gasteiger partial charge in [-0.2, -0.15) is 5.06 Å². The van der Waals surface area contributed by atoms with Gasteiger partial charge in [-0.05, 0) is 41.0 Å². The van der Waals surface area contributed by atoms with E-state index in [1.165, 1.54) is 5.06 Å². The van der Waals surface area contributed by atoms with Crippen LogP contribution in [0.1, 0.15) is 80.6 Å². The highest BCUT2D eigenvalue weighted by molar-refractivity contribution is 5.88. The third-order valence-electron chi connectivity index (χ3n) is 5.70. The van der Waals surface area contributed by atoms with E-state index in [1.807, 2.05) is 34.6 Å². The summed E-state index contributed by atoms with van der Waals surface area (Å²) in [6.07, 6.45) is 4.27. The number of hydrogen-bond acceptors (Lipinski definition) is 4. The second kappa shape index (κ2) is 5.71. The monoisotopic (exact) mass is 326 g/mol. The average molecular weight is 326 g/mol. The molecule has 2 atom stereocenters. The molecule has 2 aliphatic rings. The first-order valence-electron chi connectivity index (χ1n) is 8.91. The number of ether oxygens (including phenoxy) is 1. The van der Waals surface area contributed by atoms with Gasteiger partial charge >= 0.3 is 0 Å². The number of hydrogen-bond donors (Lipinski definition) is 2. The molecule has 0 aromatic rings. The van der Waals surface area contributed by atoms with E-state index in [1.54, 1.807) is 0 Å². The maximum Gasteiger partial charge on any atom is 0.254 e. The summed E-state index contributed by atoms with van der Waals surface area (Å²) < 4.78 is 6.47. The quantitative estimate of drug-likeness (QED) is 0.830. The van der Waals surface area contributed by atoms with Gasteiger partial charge in [-0.1, -0.05) is 26.7 Å². The second-order valence-corrected chi connectivity index (χ2v) is 8.99. The van der Waals surface area contributed by atoms with Crippen molar-refractivity contribution in [1.82, 2.24) is 10.4 Å². The highest BCUT2D eigenvalue weighted by atomic mass is 16.6. The standard InChI is InChI=1S/C18H34N2O3/c1-8-9-10-13(2)17(7)19-14(21)18(23-17)11-15(3,4)20(22)16(5,6)12-18/h13,22H,8-12H2,1-7H3,(H,19,21). The minimum Gasteiger partial charge on any atom is -0.339 e. The molecule has 0 aliphatic carbocycles.